The van der Waals surface area contributed by atoms with E-state index in [4.69, 9.17) is 4.74 Å². The molecule has 4 heteroatoms. The zero-order valence-corrected chi connectivity index (χ0v) is 11.3. The van der Waals surface area contributed by atoms with E-state index in [1.165, 1.54) is 7.11 Å². The summed E-state index contributed by atoms with van der Waals surface area (Å²) in [5.74, 6) is -0.234. The molecular formula is C12H16BrNO2. The summed E-state index contributed by atoms with van der Waals surface area (Å²) < 4.78 is 5.72. The van der Waals surface area contributed by atoms with Crippen LogP contribution in [0.3, 0.4) is 0 Å². The molecule has 0 aliphatic heterocycles. The predicted molar refractivity (Wildman–Crippen MR) is 68.6 cm³/mol. The average molecular weight is 286 g/mol. The first kappa shape index (κ1) is 13.0. The van der Waals surface area contributed by atoms with E-state index in [1.807, 2.05) is 32.0 Å². The van der Waals surface area contributed by atoms with Crippen LogP contribution in [0.25, 0.3) is 0 Å². The third kappa shape index (κ3) is 3.23. The third-order valence-electron chi connectivity index (χ3n) is 2.42. The average Bonchev–Trinajstić information content (AvgIpc) is 2.29. The number of methoxy groups -OCH3 is 1. The third-order valence-corrected chi connectivity index (χ3v) is 2.92. The Balaban J connectivity index is 2.85. The molecule has 1 rings (SSSR count). The number of hydrogen-bond acceptors (Lipinski definition) is 3. The van der Waals surface area contributed by atoms with Gasteiger partial charge in [-0.05, 0) is 31.0 Å². The zero-order chi connectivity index (χ0) is 12.1. The second-order valence-electron chi connectivity index (χ2n) is 3.59. The van der Waals surface area contributed by atoms with Gasteiger partial charge in [-0.3, -0.25) is 0 Å². The van der Waals surface area contributed by atoms with E-state index in [2.05, 4.69) is 21.2 Å². The van der Waals surface area contributed by atoms with E-state index in [0.29, 0.717) is 6.42 Å². The van der Waals surface area contributed by atoms with Crippen molar-refractivity contribution >= 4 is 27.6 Å². The van der Waals surface area contributed by atoms with Crippen molar-refractivity contribution in [3.63, 3.8) is 0 Å². The minimum absolute atomic E-state index is 0.234. The lowest BCUT2D eigenvalue weighted by Crippen LogP contribution is -2.30. The molecule has 1 aromatic carbocycles. The first-order valence-electron chi connectivity index (χ1n) is 5.19. The maximum absolute atomic E-state index is 11.4. The number of nitrogens with one attached hydrogen (secondary N) is 1. The molecule has 0 saturated carbocycles. The minimum atomic E-state index is -0.294. The molecule has 3 nitrogen and oxygen atoms in total. The van der Waals surface area contributed by atoms with Crippen LogP contribution < -0.4 is 5.32 Å². The predicted octanol–water partition coefficient (Wildman–Crippen LogP) is 3.12. The summed E-state index contributed by atoms with van der Waals surface area (Å²) in [6, 6.07) is 5.63. The van der Waals surface area contributed by atoms with Crippen molar-refractivity contribution in [1.82, 2.24) is 0 Å². The van der Waals surface area contributed by atoms with Gasteiger partial charge in [-0.15, -0.1) is 0 Å². The van der Waals surface area contributed by atoms with Gasteiger partial charge in [0.2, 0.25) is 0 Å². The van der Waals surface area contributed by atoms with Gasteiger partial charge in [-0.25, -0.2) is 4.79 Å². The number of rotatable bonds is 4. The molecule has 1 aromatic rings. The number of benzene rings is 1. The minimum Gasteiger partial charge on any atom is -0.467 e. The van der Waals surface area contributed by atoms with Gasteiger partial charge in [0.25, 0.3) is 0 Å². The Hall–Kier alpha value is -1.03. The second kappa shape index (κ2) is 5.89. The molecule has 1 unspecified atom stereocenters. The Morgan fingerprint density at radius 2 is 2.25 bits per heavy atom. The van der Waals surface area contributed by atoms with Crippen molar-refractivity contribution in [2.75, 3.05) is 12.4 Å². The molecule has 0 fully saturated rings. The monoisotopic (exact) mass is 285 g/mol. The Bertz CT molecular complexity index is 379. The fourth-order valence-electron chi connectivity index (χ4n) is 1.41. The molecule has 0 saturated heterocycles. The zero-order valence-electron chi connectivity index (χ0n) is 9.71. The summed E-state index contributed by atoms with van der Waals surface area (Å²) in [5.41, 5.74) is 2.05. The number of carbonyl (C=O) groups excluding carboxylic acids is 1. The van der Waals surface area contributed by atoms with Gasteiger partial charge in [0.15, 0.2) is 0 Å². The van der Waals surface area contributed by atoms with Gasteiger partial charge < -0.3 is 10.1 Å². The first-order chi connectivity index (χ1) is 7.58. The Morgan fingerprint density at radius 3 is 2.81 bits per heavy atom. The molecule has 0 heterocycles. The van der Waals surface area contributed by atoms with Crippen LogP contribution >= 0.6 is 15.9 Å². The van der Waals surface area contributed by atoms with Crippen molar-refractivity contribution in [3.05, 3.63) is 28.2 Å². The molecule has 0 aromatic heterocycles. The maximum atomic E-state index is 11.4. The van der Waals surface area contributed by atoms with Crippen molar-refractivity contribution in [2.24, 2.45) is 0 Å². The van der Waals surface area contributed by atoms with Crippen molar-refractivity contribution in [1.29, 1.82) is 0 Å². The number of anilines is 1. The number of halogens is 1. The molecule has 88 valence electrons. The second-order valence-corrected chi connectivity index (χ2v) is 4.50. The summed E-state index contributed by atoms with van der Waals surface area (Å²) in [4.78, 5) is 11.4. The van der Waals surface area contributed by atoms with Crippen LogP contribution in [0, 0.1) is 6.92 Å². The lowest BCUT2D eigenvalue weighted by molar-refractivity contribution is -0.141. The van der Waals surface area contributed by atoms with E-state index >= 15 is 0 Å². The van der Waals surface area contributed by atoms with Gasteiger partial charge in [-0.1, -0.05) is 28.9 Å². The smallest absolute Gasteiger partial charge is 0.328 e. The Labute approximate surface area is 104 Å². The van der Waals surface area contributed by atoms with Crippen molar-refractivity contribution in [3.8, 4) is 0 Å². The highest BCUT2D eigenvalue weighted by Crippen LogP contribution is 2.21. The van der Waals surface area contributed by atoms with Crippen LogP contribution in [0.4, 0.5) is 5.69 Å². The van der Waals surface area contributed by atoms with Crippen molar-refractivity contribution in [2.45, 2.75) is 26.3 Å². The summed E-state index contributed by atoms with van der Waals surface area (Å²) in [5, 5.41) is 3.18. The molecule has 16 heavy (non-hydrogen) atoms. The largest absolute Gasteiger partial charge is 0.467 e. The van der Waals surface area contributed by atoms with Crippen LogP contribution in [-0.4, -0.2) is 19.1 Å². The summed E-state index contributed by atoms with van der Waals surface area (Å²) in [7, 11) is 1.40. The van der Waals surface area contributed by atoms with E-state index in [0.717, 1.165) is 15.7 Å². The van der Waals surface area contributed by atoms with E-state index in [9.17, 15) is 4.79 Å². The molecule has 1 N–H and O–H groups in total. The molecule has 0 spiro atoms. The van der Waals surface area contributed by atoms with E-state index in [-0.39, 0.29) is 12.0 Å². The van der Waals surface area contributed by atoms with Crippen LogP contribution in [0.5, 0.6) is 0 Å². The van der Waals surface area contributed by atoms with Gasteiger partial charge in [0.1, 0.15) is 6.04 Å². The highest BCUT2D eigenvalue weighted by molar-refractivity contribution is 9.10. The van der Waals surface area contributed by atoms with Crippen molar-refractivity contribution < 1.29 is 9.53 Å². The Kier molecular flexibility index (Phi) is 4.80. The summed E-state index contributed by atoms with van der Waals surface area (Å²) in [6.45, 7) is 3.95. The van der Waals surface area contributed by atoms with E-state index in [1.54, 1.807) is 0 Å². The SMILES string of the molecule is CCC(Nc1cc(Br)ccc1C)C(=O)OC. The van der Waals surface area contributed by atoms with Gasteiger partial charge >= 0.3 is 5.97 Å². The van der Waals surface area contributed by atoms with Gasteiger partial charge in [0, 0.05) is 10.2 Å². The molecule has 0 aliphatic carbocycles. The van der Waals surface area contributed by atoms with Crippen LogP contribution in [0.1, 0.15) is 18.9 Å². The topological polar surface area (TPSA) is 38.3 Å². The highest BCUT2D eigenvalue weighted by Gasteiger charge is 2.17. The molecule has 0 amide bonds. The molecule has 0 radical (unpaired) electrons. The first-order valence-corrected chi connectivity index (χ1v) is 5.98. The number of carbonyl (C=O) groups is 1. The number of esters is 1. The fraction of sp³-hybridized carbons (Fsp3) is 0.417. The number of ether oxygens (including phenoxy) is 1. The normalized spacial score (nSPS) is 12.0. The van der Waals surface area contributed by atoms with Gasteiger partial charge in [0.05, 0.1) is 7.11 Å². The van der Waals surface area contributed by atoms with Crippen LogP contribution in [-0.2, 0) is 9.53 Å². The highest BCUT2D eigenvalue weighted by atomic mass is 79.9. The molecular weight excluding hydrogens is 270 g/mol. The fourth-order valence-corrected chi connectivity index (χ4v) is 1.77. The summed E-state index contributed by atoms with van der Waals surface area (Å²) in [6.07, 6.45) is 0.693. The van der Waals surface area contributed by atoms with Gasteiger partial charge in [-0.2, -0.15) is 0 Å². The quantitative estimate of drug-likeness (QED) is 0.864. The standard InChI is InChI=1S/C12H16BrNO2/c1-4-10(12(15)16-3)14-11-7-9(13)6-5-8(11)2/h5-7,10,14H,4H2,1-3H3. The molecule has 0 aliphatic rings. The van der Waals surface area contributed by atoms with Crippen LogP contribution in [0.2, 0.25) is 0 Å². The lowest BCUT2D eigenvalue weighted by atomic mass is 10.1. The lowest BCUT2D eigenvalue weighted by Gasteiger charge is -2.17. The number of hydrogen-bond donors (Lipinski definition) is 1. The molecule has 1 atom stereocenters. The molecule has 0 bridgehead atoms. The van der Waals surface area contributed by atoms with E-state index < -0.39 is 0 Å². The Morgan fingerprint density at radius 1 is 1.56 bits per heavy atom. The summed E-state index contributed by atoms with van der Waals surface area (Å²) >= 11 is 3.41. The van der Waals surface area contributed by atoms with Crippen LogP contribution in [0.15, 0.2) is 22.7 Å². The number of aryl methyl sites for hydroxylation is 1. The maximum Gasteiger partial charge on any atom is 0.328 e.